The topological polar surface area (TPSA) is 134 Å². The van der Waals surface area contributed by atoms with Crippen molar-refractivity contribution in [2.75, 3.05) is 18.8 Å². The number of amides is 1. The molecule has 35 heavy (non-hydrogen) atoms. The van der Waals surface area contributed by atoms with E-state index in [1.807, 2.05) is 24.3 Å². The Balaban J connectivity index is 1.34. The normalized spacial score (nSPS) is 15.6. The first kappa shape index (κ1) is 22.9. The van der Waals surface area contributed by atoms with Crippen LogP contribution in [0.3, 0.4) is 0 Å². The number of nitrogens with two attached hydrogens (primary N) is 1. The van der Waals surface area contributed by atoms with Gasteiger partial charge in [0.1, 0.15) is 5.82 Å². The van der Waals surface area contributed by atoms with Crippen LogP contribution in [0.15, 0.2) is 54.7 Å². The van der Waals surface area contributed by atoms with E-state index >= 15 is 0 Å². The molecule has 0 bridgehead atoms. The number of carbonyl (C=O) groups is 1. The van der Waals surface area contributed by atoms with Gasteiger partial charge >= 0.3 is 0 Å². The van der Waals surface area contributed by atoms with Gasteiger partial charge in [0.05, 0.1) is 11.9 Å². The van der Waals surface area contributed by atoms with Crippen LogP contribution in [0, 0.1) is 0 Å². The Bertz CT molecular complexity index is 1330. The summed E-state index contributed by atoms with van der Waals surface area (Å²) in [5, 5.41) is 15.6. The fourth-order valence-electron chi connectivity index (χ4n) is 4.07. The first-order valence-corrected chi connectivity index (χ1v) is 11.8. The molecule has 0 saturated carbocycles. The molecular formula is C25H25ClN8O. The molecule has 2 aromatic heterocycles. The highest BCUT2D eigenvalue weighted by molar-refractivity contribution is 6.30. The number of nitrogens with zero attached hydrogens (tertiary/aromatic N) is 4. The minimum absolute atomic E-state index is 0.189. The molecule has 3 heterocycles. The van der Waals surface area contributed by atoms with Crippen LogP contribution in [0.4, 0.5) is 5.82 Å². The van der Waals surface area contributed by atoms with E-state index in [2.05, 4.69) is 30.8 Å². The fraction of sp³-hybridized carbons (Fsp3) is 0.240. The lowest BCUT2D eigenvalue weighted by Crippen LogP contribution is -2.28. The highest BCUT2D eigenvalue weighted by atomic mass is 35.5. The van der Waals surface area contributed by atoms with Crippen LogP contribution in [0.5, 0.6) is 0 Å². The van der Waals surface area contributed by atoms with Crippen molar-refractivity contribution in [2.45, 2.75) is 25.3 Å². The van der Waals surface area contributed by atoms with Gasteiger partial charge in [0.2, 0.25) is 0 Å². The van der Waals surface area contributed by atoms with Crippen LogP contribution in [0.25, 0.3) is 22.8 Å². The van der Waals surface area contributed by atoms with Crippen LogP contribution >= 0.6 is 11.6 Å². The maximum absolute atomic E-state index is 12.7. The monoisotopic (exact) mass is 488 g/mol. The van der Waals surface area contributed by atoms with Crippen molar-refractivity contribution in [1.29, 1.82) is 0 Å². The van der Waals surface area contributed by atoms with E-state index in [1.165, 1.54) is 0 Å². The van der Waals surface area contributed by atoms with Crippen LogP contribution in [0.1, 0.15) is 40.5 Å². The molecule has 178 valence electrons. The number of hydrogen-bond donors (Lipinski definition) is 4. The number of H-pyrrole nitrogens is 1. The lowest BCUT2D eigenvalue weighted by Gasteiger charge is -2.20. The van der Waals surface area contributed by atoms with E-state index in [4.69, 9.17) is 22.3 Å². The maximum atomic E-state index is 12.7. The molecule has 1 amide bonds. The van der Waals surface area contributed by atoms with Gasteiger partial charge in [0.15, 0.2) is 17.3 Å². The van der Waals surface area contributed by atoms with Crippen LogP contribution in [-0.2, 0) is 6.54 Å². The number of aromatic nitrogens is 5. The first-order chi connectivity index (χ1) is 17.1. The summed E-state index contributed by atoms with van der Waals surface area (Å²) in [6, 6.07) is 14.6. The number of anilines is 1. The number of carbonyl (C=O) groups excluding carboxylic acids is 1. The van der Waals surface area contributed by atoms with Gasteiger partial charge < -0.3 is 21.4 Å². The van der Waals surface area contributed by atoms with Crippen molar-refractivity contribution in [1.82, 2.24) is 35.8 Å². The van der Waals surface area contributed by atoms with Crippen molar-refractivity contribution in [3.63, 3.8) is 0 Å². The molecule has 0 radical (unpaired) electrons. The average molecular weight is 489 g/mol. The van der Waals surface area contributed by atoms with E-state index in [0.29, 0.717) is 34.3 Å². The Morgan fingerprint density at radius 1 is 1.17 bits per heavy atom. The third kappa shape index (κ3) is 5.31. The molecule has 5 rings (SSSR count). The number of nitrogen functional groups attached to an aromatic ring is 1. The lowest BCUT2D eigenvalue weighted by atomic mass is 9.99. The highest BCUT2D eigenvalue weighted by Gasteiger charge is 2.21. The summed E-state index contributed by atoms with van der Waals surface area (Å²) in [7, 11) is 0. The smallest absolute Gasteiger partial charge is 0.251 e. The number of benzene rings is 2. The van der Waals surface area contributed by atoms with E-state index in [0.717, 1.165) is 42.9 Å². The number of hydrogen-bond acceptors (Lipinski definition) is 7. The molecule has 0 spiro atoms. The summed E-state index contributed by atoms with van der Waals surface area (Å²) in [6.07, 6.45) is 3.74. The van der Waals surface area contributed by atoms with Gasteiger partial charge in [-0.1, -0.05) is 35.9 Å². The standard InChI is InChI=1S/C25H25ClN8O/c26-19-8-6-15(7-9-19)12-30-25(35)17-4-1-3-16(11-17)20-14-29-22(27)21(31-20)24-32-23(33-34-24)18-5-2-10-28-13-18/h1,3-4,6-9,11,14,18,28H,2,5,10,12-13H2,(H2,27,29)(H,30,35)(H,32,33,34)/t18-/m0/s1. The molecule has 4 aromatic rings. The third-order valence-corrected chi connectivity index (χ3v) is 6.25. The fourth-order valence-corrected chi connectivity index (χ4v) is 4.19. The second-order valence-corrected chi connectivity index (χ2v) is 8.92. The van der Waals surface area contributed by atoms with Crippen molar-refractivity contribution in [2.24, 2.45) is 0 Å². The summed E-state index contributed by atoms with van der Waals surface area (Å²) in [5.41, 5.74) is 9.36. The predicted molar refractivity (Wildman–Crippen MR) is 135 cm³/mol. The largest absolute Gasteiger partial charge is 0.382 e. The summed E-state index contributed by atoms with van der Waals surface area (Å²) in [4.78, 5) is 25.0. The summed E-state index contributed by atoms with van der Waals surface area (Å²) < 4.78 is 0. The zero-order valence-corrected chi connectivity index (χ0v) is 19.7. The molecule has 1 fully saturated rings. The zero-order chi connectivity index (χ0) is 24.2. The Morgan fingerprint density at radius 2 is 2.03 bits per heavy atom. The van der Waals surface area contributed by atoms with Crippen LogP contribution in [-0.4, -0.2) is 44.1 Å². The summed E-state index contributed by atoms with van der Waals surface area (Å²) >= 11 is 5.92. The van der Waals surface area contributed by atoms with Gasteiger partial charge in [-0.2, -0.15) is 0 Å². The molecule has 0 unspecified atom stereocenters. The average Bonchev–Trinajstić information content (AvgIpc) is 3.39. The lowest BCUT2D eigenvalue weighted by molar-refractivity contribution is 0.0951. The van der Waals surface area contributed by atoms with Gasteiger partial charge in [-0.25, -0.2) is 9.97 Å². The van der Waals surface area contributed by atoms with E-state index in [1.54, 1.807) is 30.5 Å². The predicted octanol–water partition coefficient (Wildman–Crippen LogP) is 3.56. The Kier molecular flexibility index (Phi) is 6.69. The Morgan fingerprint density at radius 3 is 2.83 bits per heavy atom. The molecule has 1 saturated heterocycles. The van der Waals surface area contributed by atoms with Gasteiger partial charge in [-0.3, -0.25) is 4.79 Å². The molecule has 1 aliphatic rings. The zero-order valence-electron chi connectivity index (χ0n) is 19.0. The minimum atomic E-state index is -0.189. The second kappa shape index (κ2) is 10.2. The molecular weight excluding hydrogens is 464 g/mol. The van der Waals surface area contributed by atoms with E-state index in [-0.39, 0.29) is 17.6 Å². The Hall–Kier alpha value is -3.82. The number of nitrogens with one attached hydrogen (secondary N) is 3. The highest BCUT2D eigenvalue weighted by Crippen LogP contribution is 2.26. The van der Waals surface area contributed by atoms with E-state index in [9.17, 15) is 4.79 Å². The van der Waals surface area contributed by atoms with E-state index < -0.39 is 0 Å². The Labute approximate surface area is 207 Å². The molecule has 9 nitrogen and oxygen atoms in total. The third-order valence-electron chi connectivity index (χ3n) is 6.00. The van der Waals surface area contributed by atoms with Crippen LogP contribution < -0.4 is 16.4 Å². The molecule has 10 heteroatoms. The molecule has 5 N–H and O–H groups in total. The molecule has 0 aliphatic carbocycles. The number of piperidine rings is 1. The summed E-state index contributed by atoms with van der Waals surface area (Å²) in [6.45, 7) is 2.29. The van der Waals surface area contributed by atoms with Crippen molar-refractivity contribution < 1.29 is 4.79 Å². The van der Waals surface area contributed by atoms with Gasteiger partial charge in [0, 0.05) is 35.2 Å². The number of rotatable bonds is 6. The van der Waals surface area contributed by atoms with Crippen molar-refractivity contribution in [3.8, 4) is 22.8 Å². The van der Waals surface area contributed by atoms with Crippen molar-refractivity contribution >= 4 is 23.3 Å². The maximum Gasteiger partial charge on any atom is 0.251 e. The second-order valence-electron chi connectivity index (χ2n) is 8.48. The summed E-state index contributed by atoms with van der Waals surface area (Å²) in [5.74, 6) is 1.65. The number of aromatic amines is 1. The number of halogens is 1. The molecule has 2 aromatic carbocycles. The first-order valence-electron chi connectivity index (χ1n) is 11.5. The van der Waals surface area contributed by atoms with Gasteiger partial charge in [-0.15, -0.1) is 10.2 Å². The quantitative estimate of drug-likeness (QED) is 0.326. The van der Waals surface area contributed by atoms with Gasteiger partial charge in [-0.05, 0) is 49.2 Å². The molecule has 1 atom stereocenters. The van der Waals surface area contributed by atoms with Crippen LogP contribution in [0.2, 0.25) is 5.02 Å². The van der Waals surface area contributed by atoms with Gasteiger partial charge in [0.25, 0.3) is 5.91 Å². The SMILES string of the molecule is Nc1ncc(-c2cccc(C(=O)NCc3ccc(Cl)cc3)c2)nc1-c1nnc([C@H]2CCCNC2)[nH]1. The van der Waals surface area contributed by atoms with Crippen molar-refractivity contribution in [3.05, 3.63) is 76.7 Å². The minimum Gasteiger partial charge on any atom is -0.382 e. The molecule has 1 aliphatic heterocycles.